The first-order valence-electron chi connectivity index (χ1n) is 9.47. The van der Waals surface area contributed by atoms with E-state index in [0.717, 1.165) is 16.8 Å². The van der Waals surface area contributed by atoms with Gasteiger partial charge in [-0.15, -0.1) is 0 Å². The van der Waals surface area contributed by atoms with Crippen LogP contribution in [0.5, 0.6) is 5.75 Å². The second kappa shape index (κ2) is 8.97. The summed E-state index contributed by atoms with van der Waals surface area (Å²) in [5, 5.41) is 3.40. The zero-order valence-electron chi connectivity index (χ0n) is 16.0. The molecule has 5 nitrogen and oxygen atoms in total. The maximum atomic E-state index is 13.9. The van der Waals surface area contributed by atoms with Gasteiger partial charge in [0.15, 0.2) is 0 Å². The number of para-hydroxylation sites is 2. The van der Waals surface area contributed by atoms with Crippen LogP contribution in [0.2, 0.25) is 5.02 Å². The standard InChI is InChI=1S/C23H19ClFN3O2/c24-16-9-11-17(12-10-16)30-14-13-28-21-8-4-3-7-20(21)27-22(28)15-26-23(29)18-5-1-2-6-19(18)25/h1-12H,13-15H2,(H,26,29). The first kappa shape index (κ1) is 19.9. The molecule has 0 atom stereocenters. The molecule has 0 saturated heterocycles. The van der Waals surface area contributed by atoms with Gasteiger partial charge in [-0.25, -0.2) is 9.37 Å². The third kappa shape index (κ3) is 4.44. The van der Waals surface area contributed by atoms with E-state index in [9.17, 15) is 9.18 Å². The Morgan fingerprint density at radius 1 is 1.03 bits per heavy atom. The fourth-order valence-corrected chi connectivity index (χ4v) is 3.32. The van der Waals surface area contributed by atoms with Crippen molar-refractivity contribution >= 4 is 28.5 Å². The molecule has 152 valence electrons. The normalized spacial score (nSPS) is 10.9. The molecule has 1 aromatic heterocycles. The third-order valence-electron chi connectivity index (χ3n) is 4.66. The lowest BCUT2D eigenvalue weighted by Crippen LogP contribution is -2.26. The third-order valence-corrected chi connectivity index (χ3v) is 4.91. The average molecular weight is 424 g/mol. The highest BCUT2D eigenvalue weighted by atomic mass is 35.5. The molecule has 1 N–H and O–H groups in total. The average Bonchev–Trinajstić information content (AvgIpc) is 3.11. The Hall–Kier alpha value is -3.38. The monoisotopic (exact) mass is 423 g/mol. The van der Waals surface area contributed by atoms with E-state index in [1.165, 1.54) is 12.1 Å². The number of imidazole rings is 1. The van der Waals surface area contributed by atoms with Gasteiger partial charge in [-0.3, -0.25) is 4.79 Å². The summed E-state index contributed by atoms with van der Waals surface area (Å²) in [4.78, 5) is 17.0. The van der Waals surface area contributed by atoms with Crippen molar-refractivity contribution < 1.29 is 13.9 Å². The smallest absolute Gasteiger partial charge is 0.254 e. The maximum absolute atomic E-state index is 13.9. The van der Waals surface area contributed by atoms with Crippen molar-refractivity contribution in [3.05, 3.63) is 95.0 Å². The van der Waals surface area contributed by atoms with E-state index in [0.29, 0.717) is 24.0 Å². The van der Waals surface area contributed by atoms with Crippen LogP contribution in [0, 0.1) is 5.82 Å². The van der Waals surface area contributed by atoms with Crippen LogP contribution < -0.4 is 10.1 Å². The number of amides is 1. The van der Waals surface area contributed by atoms with Crippen LogP contribution in [0.3, 0.4) is 0 Å². The number of carbonyl (C=O) groups is 1. The quantitative estimate of drug-likeness (QED) is 0.463. The Bertz CT molecular complexity index is 1170. The number of nitrogens with one attached hydrogen (secondary N) is 1. The molecule has 1 amide bonds. The van der Waals surface area contributed by atoms with Gasteiger partial charge in [0, 0.05) is 5.02 Å². The molecule has 0 aliphatic carbocycles. The minimum absolute atomic E-state index is 0.00577. The minimum Gasteiger partial charge on any atom is -0.492 e. The van der Waals surface area contributed by atoms with E-state index < -0.39 is 11.7 Å². The van der Waals surface area contributed by atoms with Crippen molar-refractivity contribution in [1.82, 2.24) is 14.9 Å². The van der Waals surface area contributed by atoms with Gasteiger partial charge in [0.2, 0.25) is 0 Å². The van der Waals surface area contributed by atoms with Crippen molar-refractivity contribution in [2.45, 2.75) is 13.1 Å². The summed E-state index contributed by atoms with van der Waals surface area (Å²) in [5.74, 6) is 0.350. The number of hydrogen-bond donors (Lipinski definition) is 1. The van der Waals surface area contributed by atoms with Gasteiger partial charge < -0.3 is 14.6 Å². The number of benzene rings is 3. The number of nitrogens with zero attached hydrogens (tertiary/aromatic N) is 2. The van der Waals surface area contributed by atoms with Crippen LogP contribution in [0.15, 0.2) is 72.8 Å². The molecule has 1 heterocycles. The molecule has 0 saturated carbocycles. The Morgan fingerprint density at radius 3 is 2.57 bits per heavy atom. The van der Waals surface area contributed by atoms with E-state index in [1.807, 2.05) is 41.0 Å². The van der Waals surface area contributed by atoms with E-state index in [-0.39, 0.29) is 12.1 Å². The Balaban J connectivity index is 1.49. The number of hydrogen-bond acceptors (Lipinski definition) is 3. The van der Waals surface area contributed by atoms with E-state index in [2.05, 4.69) is 10.3 Å². The molecule has 7 heteroatoms. The Morgan fingerprint density at radius 2 is 1.77 bits per heavy atom. The molecular weight excluding hydrogens is 405 g/mol. The van der Waals surface area contributed by atoms with Gasteiger partial charge in [0.05, 0.1) is 29.7 Å². The van der Waals surface area contributed by atoms with Crippen LogP contribution in [0.25, 0.3) is 11.0 Å². The van der Waals surface area contributed by atoms with Crippen molar-refractivity contribution in [2.24, 2.45) is 0 Å². The van der Waals surface area contributed by atoms with Gasteiger partial charge in [-0.2, -0.15) is 0 Å². The lowest BCUT2D eigenvalue weighted by Gasteiger charge is -2.12. The lowest BCUT2D eigenvalue weighted by atomic mass is 10.2. The highest BCUT2D eigenvalue weighted by molar-refractivity contribution is 6.30. The Labute approximate surface area is 178 Å². The maximum Gasteiger partial charge on any atom is 0.254 e. The molecule has 30 heavy (non-hydrogen) atoms. The zero-order valence-corrected chi connectivity index (χ0v) is 16.8. The van der Waals surface area contributed by atoms with Crippen molar-refractivity contribution in [3.63, 3.8) is 0 Å². The second-order valence-corrected chi connectivity index (χ2v) is 7.07. The highest BCUT2D eigenvalue weighted by Crippen LogP contribution is 2.18. The zero-order chi connectivity index (χ0) is 20.9. The number of fused-ring (bicyclic) bond motifs is 1. The van der Waals surface area contributed by atoms with Gasteiger partial charge >= 0.3 is 0 Å². The first-order chi connectivity index (χ1) is 14.6. The summed E-state index contributed by atoms with van der Waals surface area (Å²) in [5.41, 5.74) is 1.76. The van der Waals surface area contributed by atoms with Gasteiger partial charge in [0.1, 0.15) is 24.0 Å². The molecule has 0 unspecified atom stereocenters. The summed E-state index contributed by atoms with van der Waals surface area (Å²) in [7, 11) is 0. The van der Waals surface area contributed by atoms with E-state index in [4.69, 9.17) is 16.3 Å². The molecular formula is C23H19ClFN3O2. The number of rotatable bonds is 7. The number of halogens is 2. The highest BCUT2D eigenvalue weighted by Gasteiger charge is 2.14. The SMILES string of the molecule is O=C(NCc1nc2ccccc2n1CCOc1ccc(Cl)cc1)c1ccccc1F. The number of carbonyl (C=O) groups excluding carboxylic acids is 1. The summed E-state index contributed by atoms with van der Waals surface area (Å²) < 4.78 is 21.7. The first-order valence-corrected chi connectivity index (χ1v) is 9.85. The predicted molar refractivity (Wildman–Crippen MR) is 114 cm³/mol. The molecule has 0 aliphatic rings. The molecule has 0 radical (unpaired) electrons. The summed E-state index contributed by atoms with van der Waals surface area (Å²) >= 11 is 5.90. The van der Waals surface area contributed by atoms with Gasteiger partial charge in [-0.05, 0) is 48.5 Å². The molecule has 0 bridgehead atoms. The van der Waals surface area contributed by atoms with Crippen molar-refractivity contribution in [2.75, 3.05) is 6.61 Å². The Kier molecular flexibility index (Phi) is 5.95. The largest absolute Gasteiger partial charge is 0.492 e. The van der Waals surface area contributed by atoms with Crippen LogP contribution in [-0.2, 0) is 13.1 Å². The van der Waals surface area contributed by atoms with Crippen LogP contribution >= 0.6 is 11.6 Å². The molecule has 4 rings (SSSR count). The van der Waals surface area contributed by atoms with Crippen LogP contribution in [0.1, 0.15) is 16.2 Å². The topological polar surface area (TPSA) is 56.2 Å². The van der Waals surface area contributed by atoms with E-state index in [1.54, 1.807) is 24.3 Å². The van der Waals surface area contributed by atoms with E-state index >= 15 is 0 Å². The number of ether oxygens (including phenoxy) is 1. The summed E-state index contributed by atoms with van der Waals surface area (Å²) in [6.07, 6.45) is 0. The van der Waals surface area contributed by atoms with Crippen LogP contribution in [-0.4, -0.2) is 22.1 Å². The molecule has 4 aromatic rings. The van der Waals surface area contributed by atoms with Crippen LogP contribution in [0.4, 0.5) is 4.39 Å². The molecule has 3 aromatic carbocycles. The second-order valence-electron chi connectivity index (χ2n) is 6.63. The molecule has 0 spiro atoms. The minimum atomic E-state index is -0.556. The molecule has 0 fully saturated rings. The van der Waals surface area contributed by atoms with Crippen molar-refractivity contribution in [1.29, 1.82) is 0 Å². The predicted octanol–water partition coefficient (Wildman–Crippen LogP) is 4.84. The van der Waals surface area contributed by atoms with Crippen molar-refractivity contribution in [3.8, 4) is 5.75 Å². The summed E-state index contributed by atoms with van der Waals surface area (Å²) in [6.45, 7) is 1.12. The van der Waals surface area contributed by atoms with Gasteiger partial charge in [-0.1, -0.05) is 35.9 Å². The lowest BCUT2D eigenvalue weighted by molar-refractivity contribution is 0.0945. The summed E-state index contributed by atoms with van der Waals surface area (Å²) in [6, 6.07) is 20.8. The fraction of sp³-hybridized carbons (Fsp3) is 0.130. The van der Waals surface area contributed by atoms with Gasteiger partial charge in [0.25, 0.3) is 5.91 Å². The molecule has 0 aliphatic heterocycles. The fourth-order valence-electron chi connectivity index (χ4n) is 3.20. The number of aromatic nitrogens is 2.